The number of nitro groups is 1. The molecule has 2 heterocycles. The first-order valence-electron chi connectivity index (χ1n) is 9.32. The predicted molar refractivity (Wildman–Crippen MR) is 111 cm³/mol. The molecule has 0 saturated carbocycles. The van der Waals surface area contributed by atoms with Gasteiger partial charge in [-0.15, -0.1) is 5.10 Å². The molecule has 4 rings (SSSR count). The maximum Gasteiger partial charge on any atom is 0.271 e. The number of carbonyl (C=O) groups is 2. The van der Waals surface area contributed by atoms with Crippen molar-refractivity contribution in [3.8, 4) is 17.1 Å². The first-order chi connectivity index (χ1) is 14.9. The van der Waals surface area contributed by atoms with Crippen LogP contribution >= 0.6 is 0 Å². The Labute approximate surface area is 176 Å². The number of ether oxygens (including phenoxy) is 1. The third-order valence-electron chi connectivity index (χ3n) is 4.90. The molecule has 0 fully saturated rings. The highest BCUT2D eigenvalue weighted by Crippen LogP contribution is 2.29. The van der Waals surface area contributed by atoms with Gasteiger partial charge in [-0.05, 0) is 36.8 Å². The topological polar surface area (TPSA) is 141 Å². The number of fused-ring (bicyclic) bond motifs is 1. The molecule has 2 amide bonds. The number of nitrogens with zero attached hydrogens (tertiary/aromatic N) is 4. The average molecular weight is 422 g/mol. The molecule has 31 heavy (non-hydrogen) atoms. The molecule has 1 aliphatic heterocycles. The van der Waals surface area contributed by atoms with Gasteiger partial charge in [0.25, 0.3) is 11.6 Å². The van der Waals surface area contributed by atoms with E-state index >= 15 is 0 Å². The van der Waals surface area contributed by atoms with Gasteiger partial charge in [-0.1, -0.05) is 6.07 Å². The quantitative estimate of drug-likeness (QED) is 0.459. The number of carbonyl (C=O) groups excluding carboxylic acids is 2. The highest BCUT2D eigenvalue weighted by Gasteiger charge is 2.35. The van der Waals surface area contributed by atoms with Crippen molar-refractivity contribution in [2.45, 2.75) is 19.4 Å². The van der Waals surface area contributed by atoms with Crippen LogP contribution in [0.2, 0.25) is 0 Å². The van der Waals surface area contributed by atoms with E-state index in [1.54, 1.807) is 44.4 Å². The van der Waals surface area contributed by atoms with Gasteiger partial charge in [-0.2, -0.15) is 4.98 Å². The molecule has 1 aromatic heterocycles. The molecule has 0 aliphatic carbocycles. The molecule has 1 aliphatic rings. The van der Waals surface area contributed by atoms with Crippen LogP contribution < -0.4 is 15.4 Å². The summed E-state index contributed by atoms with van der Waals surface area (Å²) in [5.41, 5.74) is 1.57. The van der Waals surface area contributed by atoms with E-state index in [0.717, 1.165) is 5.56 Å². The van der Waals surface area contributed by atoms with Gasteiger partial charge in [-0.3, -0.25) is 25.0 Å². The zero-order valence-electron chi connectivity index (χ0n) is 16.7. The fourth-order valence-corrected chi connectivity index (χ4v) is 3.21. The zero-order chi connectivity index (χ0) is 22.1. The van der Waals surface area contributed by atoms with Gasteiger partial charge in [0.05, 0.1) is 24.1 Å². The molecular formula is C20H18N6O5. The molecule has 0 saturated heterocycles. The van der Waals surface area contributed by atoms with Crippen LogP contribution in [-0.4, -0.2) is 38.6 Å². The van der Waals surface area contributed by atoms with Crippen molar-refractivity contribution >= 4 is 29.1 Å². The van der Waals surface area contributed by atoms with E-state index in [4.69, 9.17) is 4.74 Å². The summed E-state index contributed by atoms with van der Waals surface area (Å²) >= 11 is 0. The summed E-state index contributed by atoms with van der Waals surface area (Å²) in [5.74, 6) is 0.466. The number of hydrogen-bond acceptors (Lipinski definition) is 7. The van der Waals surface area contributed by atoms with Crippen molar-refractivity contribution in [3.05, 3.63) is 58.1 Å². The van der Waals surface area contributed by atoms with Crippen LogP contribution in [0.4, 0.5) is 17.3 Å². The van der Waals surface area contributed by atoms with E-state index in [2.05, 4.69) is 20.7 Å². The first-order valence-corrected chi connectivity index (χ1v) is 9.32. The van der Waals surface area contributed by atoms with Crippen LogP contribution in [0.15, 0.2) is 42.5 Å². The number of anilines is 2. The second-order valence-corrected chi connectivity index (χ2v) is 6.95. The number of amides is 2. The number of aryl methyl sites for hydroxylation is 1. The molecule has 3 aromatic rings. The standard InChI is InChI=1S/C20H18N6O5/c1-11-3-6-13(26(29)30)9-15(11)21-17(27)10-16-19(28)23-20-22-18(24-25(16)20)12-4-7-14(31-2)8-5-12/h3-9,16H,10H2,1-2H3,(H,21,27)(H,22,23,24,28). The molecule has 1 atom stereocenters. The normalized spacial score (nSPS) is 14.6. The Bertz CT molecular complexity index is 1190. The molecule has 1 unspecified atom stereocenters. The van der Waals surface area contributed by atoms with Gasteiger partial charge in [-0.25, -0.2) is 4.68 Å². The number of aromatic nitrogens is 3. The van der Waals surface area contributed by atoms with Crippen molar-refractivity contribution in [2.24, 2.45) is 0 Å². The van der Waals surface area contributed by atoms with Crippen LogP contribution in [0.25, 0.3) is 11.4 Å². The summed E-state index contributed by atoms with van der Waals surface area (Å²) < 4.78 is 6.51. The minimum Gasteiger partial charge on any atom is -0.497 e. The van der Waals surface area contributed by atoms with Crippen LogP contribution in [0.5, 0.6) is 5.75 Å². The number of nitrogens with one attached hydrogen (secondary N) is 2. The monoisotopic (exact) mass is 422 g/mol. The van der Waals surface area contributed by atoms with Crippen molar-refractivity contribution in [1.29, 1.82) is 0 Å². The first kappa shape index (κ1) is 20.0. The van der Waals surface area contributed by atoms with Crippen molar-refractivity contribution in [3.63, 3.8) is 0 Å². The van der Waals surface area contributed by atoms with Gasteiger partial charge in [0.2, 0.25) is 11.9 Å². The molecule has 0 spiro atoms. The number of methoxy groups -OCH3 is 1. The van der Waals surface area contributed by atoms with Crippen LogP contribution in [0.1, 0.15) is 18.0 Å². The van der Waals surface area contributed by atoms with Crippen LogP contribution in [0, 0.1) is 17.0 Å². The fourth-order valence-electron chi connectivity index (χ4n) is 3.21. The number of rotatable bonds is 6. The Balaban J connectivity index is 1.52. The summed E-state index contributed by atoms with van der Waals surface area (Å²) in [7, 11) is 1.57. The Morgan fingerprint density at radius 3 is 2.71 bits per heavy atom. The molecule has 11 nitrogen and oxygen atoms in total. The summed E-state index contributed by atoms with van der Waals surface area (Å²) in [6, 6.07) is 10.4. The van der Waals surface area contributed by atoms with Gasteiger partial charge in [0.1, 0.15) is 11.8 Å². The molecule has 0 bridgehead atoms. The second kappa shape index (κ2) is 7.86. The summed E-state index contributed by atoms with van der Waals surface area (Å²) in [5, 5.41) is 20.6. The smallest absolute Gasteiger partial charge is 0.271 e. The second-order valence-electron chi connectivity index (χ2n) is 6.95. The maximum absolute atomic E-state index is 12.6. The number of benzene rings is 2. The van der Waals surface area contributed by atoms with Gasteiger partial charge in [0, 0.05) is 17.7 Å². The van der Waals surface area contributed by atoms with E-state index in [9.17, 15) is 19.7 Å². The molecular weight excluding hydrogens is 404 g/mol. The number of hydrogen-bond donors (Lipinski definition) is 2. The Hall–Kier alpha value is -4.28. The Morgan fingerprint density at radius 2 is 2.03 bits per heavy atom. The minimum absolute atomic E-state index is 0.137. The highest BCUT2D eigenvalue weighted by atomic mass is 16.6. The third-order valence-corrected chi connectivity index (χ3v) is 4.90. The lowest BCUT2D eigenvalue weighted by molar-refractivity contribution is -0.384. The van der Waals surface area contributed by atoms with Crippen molar-refractivity contribution in [2.75, 3.05) is 17.7 Å². The third kappa shape index (κ3) is 3.92. The lowest BCUT2D eigenvalue weighted by atomic mass is 10.1. The largest absolute Gasteiger partial charge is 0.497 e. The Morgan fingerprint density at radius 1 is 1.29 bits per heavy atom. The molecule has 2 aromatic carbocycles. The van der Waals surface area contributed by atoms with Gasteiger partial charge < -0.3 is 10.1 Å². The predicted octanol–water partition coefficient (Wildman–Crippen LogP) is 2.69. The van der Waals surface area contributed by atoms with E-state index in [1.165, 1.54) is 16.8 Å². The number of nitro benzene ring substituents is 1. The zero-order valence-corrected chi connectivity index (χ0v) is 16.7. The lowest BCUT2D eigenvalue weighted by Gasteiger charge is -2.11. The molecule has 0 radical (unpaired) electrons. The van der Waals surface area contributed by atoms with E-state index in [1.807, 2.05) is 0 Å². The van der Waals surface area contributed by atoms with E-state index in [0.29, 0.717) is 22.8 Å². The SMILES string of the molecule is COc1ccc(-c2nc3n(n2)C(CC(=O)Nc2cc([N+](=O)[O-])ccc2C)C(=O)N3)cc1. The number of non-ortho nitro benzene ring substituents is 1. The fraction of sp³-hybridized carbons (Fsp3) is 0.200. The van der Waals surface area contributed by atoms with Crippen molar-refractivity contribution in [1.82, 2.24) is 14.8 Å². The minimum atomic E-state index is -0.881. The average Bonchev–Trinajstić information content (AvgIpc) is 3.28. The lowest BCUT2D eigenvalue weighted by Crippen LogP contribution is -2.24. The highest BCUT2D eigenvalue weighted by molar-refractivity contribution is 6.01. The van der Waals surface area contributed by atoms with Crippen LogP contribution in [-0.2, 0) is 9.59 Å². The van der Waals surface area contributed by atoms with E-state index < -0.39 is 22.8 Å². The Kier molecular flexibility index (Phi) is 5.07. The molecule has 2 N–H and O–H groups in total. The van der Waals surface area contributed by atoms with Crippen molar-refractivity contribution < 1.29 is 19.2 Å². The molecule has 158 valence electrons. The molecule has 11 heteroatoms. The summed E-state index contributed by atoms with van der Waals surface area (Å²) in [6.45, 7) is 1.72. The summed E-state index contributed by atoms with van der Waals surface area (Å²) in [6.07, 6.45) is -0.202. The summed E-state index contributed by atoms with van der Waals surface area (Å²) in [4.78, 5) is 39.7. The maximum atomic E-state index is 12.6. The van der Waals surface area contributed by atoms with Gasteiger partial charge in [0.15, 0.2) is 5.82 Å². The van der Waals surface area contributed by atoms with Gasteiger partial charge >= 0.3 is 0 Å². The van der Waals surface area contributed by atoms with E-state index in [-0.39, 0.29) is 18.1 Å². The van der Waals surface area contributed by atoms with Crippen LogP contribution in [0.3, 0.4) is 0 Å².